The van der Waals surface area contributed by atoms with Crippen LogP contribution in [0.3, 0.4) is 0 Å². The molecule has 3 rings (SSSR count). The number of imidazole rings is 1. The molecule has 1 atom stereocenters. The van der Waals surface area contributed by atoms with Crippen LogP contribution in [-0.4, -0.2) is 26.9 Å². The summed E-state index contributed by atoms with van der Waals surface area (Å²) in [6, 6.07) is 5.24. The number of hydrogen-bond acceptors (Lipinski definition) is 2. The summed E-state index contributed by atoms with van der Waals surface area (Å²) >= 11 is 3.51. The Morgan fingerprint density at radius 1 is 1.44 bits per heavy atom. The molecule has 0 amide bonds. The number of halogens is 1. The zero-order valence-corrected chi connectivity index (χ0v) is 12.4. The minimum atomic E-state index is 0.466. The summed E-state index contributed by atoms with van der Waals surface area (Å²) in [5, 5.41) is 0. The molecule has 0 spiro atoms. The van der Waals surface area contributed by atoms with E-state index in [4.69, 9.17) is 0 Å². The molecule has 3 nitrogen and oxygen atoms in total. The molecular formula is C14H18BrN3. The summed E-state index contributed by atoms with van der Waals surface area (Å²) < 4.78 is 3.32. The lowest BCUT2D eigenvalue weighted by atomic mass is 10.2. The standard InChI is InChI=1S/C14H18BrN3/c1-10(2)17-6-3-4-13(17)14-16-9-12-8-11(15)5-7-18(12)14/h5,7-10,13H,3-4,6H2,1-2H3. The van der Waals surface area contributed by atoms with Crippen molar-refractivity contribution in [2.75, 3.05) is 6.54 Å². The van der Waals surface area contributed by atoms with Gasteiger partial charge in [-0.05, 0) is 45.4 Å². The Balaban J connectivity index is 2.04. The van der Waals surface area contributed by atoms with Crippen LogP contribution < -0.4 is 0 Å². The molecule has 2 aromatic rings. The summed E-state index contributed by atoms with van der Waals surface area (Å²) in [5.41, 5.74) is 1.16. The molecule has 3 heterocycles. The highest BCUT2D eigenvalue weighted by atomic mass is 79.9. The van der Waals surface area contributed by atoms with Crippen LogP contribution in [0, 0.1) is 0 Å². The van der Waals surface area contributed by atoms with E-state index in [0.717, 1.165) is 9.99 Å². The maximum atomic E-state index is 4.65. The van der Waals surface area contributed by atoms with E-state index in [1.807, 2.05) is 6.20 Å². The van der Waals surface area contributed by atoms with Gasteiger partial charge in [0.05, 0.1) is 17.8 Å². The molecule has 0 aliphatic carbocycles. The van der Waals surface area contributed by atoms with E-state index in [0.29, 0.717) is 12.1 Å². The molecule has 96 valence electrons. The third kappa shape index (κ3) is 1.97. The van der Waals surface area contributed by atoms with Crippen LogP contribution >= 0.6 is 15.9 Å². The molecule has 0 saturated carbocycles. The van der Waals surface area contributed by atoms with E-state index >= 15 is 0 Å². The molecule has 0 bridgehead atoms. The normalized spacial score (nSPS) is 21.2. The van der Waals surface area contributed by atoms with Gasteiger partial charge in [0.1, 0.15) is 5.82 Å². The van der Waals surface area contributed by atoms with Gasteiger partial charge >= 0.3 is 0 Å². The molecule has 1 aliphatic rings. The van der Waals surface area contributed by atoms with Gasteiger partial charge in [-0.1, -0.05) is 15.9 Å². The van der Waals surface area contributed by atoms with E-state index < -0.39 is 0 Å². The molecule has 1 unspecified atom stereocenters. The molecule has 0 aromatic carbocycles. The second-order valence-corrected chi connectivity index (χ2v) is 6.16. The van der Waals surface area contributed by atoms with Crippen molar-refractivity contribution in [1.29, 1.82) is 0 Å². The van der Waals surface area contributed by atoms with Crippen molar-refractivity contribution < 1.29 is 0 Å². The van der Waals surface area contributed by atoms with Gasteiger partial charge in [0.2, 0.25) is 0 Å². The highest BCUT2D eigenvalue weighted by molar-refractivity contribution is 9.10. The van der Waals surface area contributed by atoms with Crippen molar-refractivity contribution in [3.63, 3.8) is 0 Å². The molecule has 18 heavy (non-hydrogen) atoms. The zero-order valence-electron chi connectivity index (χ0n) is 10.8. The van der Waals surface area contributed by atoms with Gasteiger partial charge in [0.25, 0.3) is 0 Å². The molecule has 1 saturated heterocycles. The first-order valence-electron chi connectivity index (χ1n) is 6.55. The van der Waals surface area contributed by atoms with Crippen molar-refractivity contribution >= 4 is 21.4 Å². The van der Waals surface area contributed by atoms with Gasteiger partial charge in [-0.3, -0.25) is 4.90 Å². The molecule has 1 fully saturated rings. The Labute approximate surface area is 116 Å². The second kappa shape index (κ2) is 4.67. The molecule has 1 aliphatic heterocycles. The lowest BCUT2D eigenvalue weighted by molar-refractivity contribution is 0.198. The highest BCUT2D eigenvalue weighted by Gasteiger charge is 2.30. The van der Waals surface area contributed by atoms with Crippen molar-refractivity contribution in [1.82, 2.24) is 14.3 Å². The first-order valence-corrected chi connectivity index (χ1v) is 7.34. The maximum absolute atomic E-state index is 4.65. The highest BCUT2D eigenvalue weighted by Crippen LogP contribution is 2.33. The van der Waals surface area contributed by atoms with Crippen LogP contribution in [0.15, 0.2) is 29.0 Å². The van der Waals surface area contributed by atoms with E-state index in [1.54, 1.807) is 0 Å². The van der Waals surface area contributed by atoms with Gasteiger partial charge in [0, 0.05) is 16.7 Å². The summed E-state index contributed by atoms with van der Waals surface area (Å²) in [6.07, 6.45) is 6.57. The zero-order chi connectivity index (χ0) is 12.7. The van der Waals surface area contributed by atoms with Crippen LogP contribution in [0.25, 0.3) is 5.52 Å². The Morgan fingerprint density at radius 3 is 3.06 bits per heavy atom. The van der Waals surface area contributed by atoms with E-state index in [1.165, 1.54) is 25.2 Å². The van der Waals surface area contributed by atoms with Crippen molar-refractivity contribution in [3.8, 4) is 0 Å². The van der Waals surface area contributed by atoms with Crippen LogP contribution in [0.2, 0.25) is 0 Å². The number of likely N-dealkylation sites (tertiary alicyclic amines) is 1. The smallest absolute Gasteiger partial charge is 0.130 e. The Morgan fingerprint density at radius 2 is 2.28 bits per heavy atom. The number of nitrogens with zero attached hydrogens (tertiary/aromatic N) is 3. The Bertz CT molecular complexity index is 561. The summed E-state index contributed by atoms with van der Waals surface area (Å²) in [6.45, 7) is 5.73. The van der Waals surface area contributed by atoms with Gasteiger partial charge in [0.15, 0.2) is 0 Å². The van der Waals surface area contributed by atoms with E-state index in [-0.39, 0.29) is 0 Å². The Kier molecular flexibility index (Phi) is 3.16. The fourth-order valence-electron chi connectivity index (χ4n) is 2.92. The fraction of sp³-hybridized carbons (Fsp3) is 0.500. The third-order valence-electron chi connectivity index (χ3n) is 3.78. The number of pyridine rings is 1. The van der Waals surface area contributed by atoms with Gasteiger partial charge in [-0.15, -0.1) is 0 Å². The van der Waals surface area contributed by atoms with Crippen molar-refractivity contribution in [3.05, 3.63) is 34.8 Å². The predicted octanol–water partition coefficient (Wildman–Crippen LogP) is 3.64. The second-order valence-electron chi connectivity index (χ2n) is 5.25. The lowest BCUT2D eigenvalue weighted by Crippen LogP contribution is -2.31. The van der Waals surface area contributed by atoms with E-state index in [2.05, 4.69) is 62.4 Å². The molecule has 2 aromatic heterocycles. The quantitative estimate of drug-likeness (QED) is 0.844. The predicted molar refractivity (Wildman–Crippen MR) is 76.7 cm³/mol. The van der Waals surface area contributed by atoms with Crippen LogP contribution in [-0.2, 0) is 0 Å². The average molecular weight is 308 g/mol. The average Bonchev–Trinajstić information content (AvgIpc) is 2.92. The SMILES string of the molecule is CC(C)N1CCCC1c1ncc2cc(Br)ccn12. The van der Waals surface area contributed by atoms with Crippen molar-refractivity contribution in [2.24, 2.45) is 0 Å². The van der Waals surface area contributed by atoms with Crippen LogP contribution in [0.1, 0.15) is 38.6 Å². The monoisotopic (exact) mass is 307 g/mol. The minimum Gasteiger partial charge on any atom is -0.302 e. The van der Waals surface area contributed by atoms with Crippen molar-refractivity contribution in [2.45, 2.75) is 38.8 Å². The van der Waals surface area contributed by atoms with E-state index in [9.17, 15) is 0 Å². The summed E-state index contributed by atoms with van der Waals surface area (Å²) in [4.78, 5) is 7.20. The van der Waals surface area contributed by atoms with Gasteiger partial charge < -0.3 is 4.40 Å². The molecule has 4 heteroatoms. The summed E-state index contributed by atoms with van der Waals surface area (Å²) in [7, 11) is 0. The lowest BCUT2D eigenvalue weighted by Gasteiger charge is -2.27. The first-order chi connectivity index (χ1) is 8.66. The topological polar surface area (TPSA) is 20.5 Å². The Hall–Kier alpha value is -0.870. The molecule has 0 N–H and O–H groups in total. The fourth-order valence-corrected chi connectivity index (χ4v) is 3.28. The maximum Gasteiger partial charge on any atom is 0.130 e. The first kappa shape index (κ1) is 12.2. The molecular weight excluding hydrogens is 290 g/mol. The summed E-state index contributed by atoms with van der Waals surface area (Å²) in [5.74, 6) is 1.18. The molecule has 0 radical (unpaired) electrons. The third-order valence-corrected chi connectivity index (χ3v) is 4.27. The number of hydrogen-bond donors (Lipinski definition) is 0. The van der Waals surface area contributed by atoms with Crippen LogP contribution in [0.5, 0.6) is 0 Å². The number of fused-ring (bicyclic) bond motifs is 1. The minimum absolute atomic E-state index is 0.466. The number of aromatic nitrogens is 2. The largest absolute Gasteiger partial charge is 0.302 e. The van der Waals surface area contributed by atoms with Gasteiger partial charge in [-0.25, -0.2) is 4.98 Å². The number of rotatable bonds is 2. The van der Waals surface area contributed by atoms with Crippen LogP contribution in [0.4, 0.5) is 0 Å². The van der Waals surface area contributed by atoms with Gasteiger partial charge in [-0.2, -0.15) is 0 Å².